The smallest absolute Gasteiger partial charge is 0.475 e. The molecule has 0 saturated carbocycles. The molecule has 1 saturated heterocycles. The van der Waals surface area contributed by atoms with Crippen LogP contribution in [0.5, 0.6) is 0 Å². The van der Waals surface area contributed by atoms with Crippen LogP contribution in [0, 0.1) is 0 Å². The Kier molecular flexibility index (Phi) is 7.51. The highest BCUT2D eigenvalue weighted by atomic mass is 35.5. The summed E-state index contributed by atoms with van der Waals surface area (Å²) in [5.74, 6) is -3.00. The van der Waals surface area contributed by atoms with E-state index in [9.17, 15) is 18.0 Å². The van der Waals surface area contributed by atoms with E-state index in [0.29, 0.717) is 25.8 Å². The number of carboxylic acid groups (broad SMARTS) is 1. The average molecular weight is 516 g/mol. The summed E-state index contributed by atoms with van der Waals surface area (Å²) in [7, 11) is 0. The molecule has 0 atom stereocenters. The molecule has 0 spiro atoms. The molecule has 4 rings (SSSR count). The van der Waals surface area contributed by atoms with E-state index in [1.807, 2.05) is 18.2 Å². The molecule has 3 heterocycles. The summed E-state index contributed by atoms with van der Waals surface area (Å²) in [5.41, 5.74) is 2.77. The maximum absolute atomic E-state index is 12.2. The van der Waals surface area contributed by atoms with E-state index in [-0.39, 0.29) is 5.91 Å². The fourth-order valence-electron chi connectivity index (χ4n) is 2.31. The molecule has 14 heteroatoms. The van der Waals surface area contributed by atoms with Gasteiger partial charge in [-0.05, 0) is 35.5 Å². The van der Waals surface area contributed by atoms with Gasteiger partial charge in [0.25, 0.3) is 5.91 Å². The van der Waals surface area contributed by atoms with Gasteiger partial charge in [-0.25, -0.2) is 9.79 Å². The van der Waals surface area contributed by atoms with E-state index in [2.05, 4.69) is 25.3 Å². The Bertz CT molecular complexity index is 1280. The van der Waals surface area contributed by atoms with Gasteiger partial charge in [-0.15, -0.1) is 0 Å². The number of carbonyl (C=O) groups is 2. The van der Waals surface area contributed by atoms with E-state index in [1.54, 1.807) is 18.5 Å². The second-order valence-corrected chi connectivity index (χ2v) is 7.89. The molecule has 33 heavy (non-hydrogen) atoms. The number of nitrogens with zero attached hydrogens (tertiary/aromatic N) is 4. The number of aromatic nitrogens is 3. The van der Waals surface area contributed by atoms with Crippen molar-refractivity contribution in [1.29, 1.82) is 0 Å². The van der Waals surface area contributed by atoms with Gasteiger partial charge in [-0.1, -0.05) is 29.3 Å². The van der Waals surface area contributed by atoms with Gasteiger partial charge in [0.15, 0.2) is 5.17 Å². The second kappa shape index (κ2) is 10.1. The SMILES string of the molecule is O=C(O)C(F)(F)F.O=C1NC(=Nc2c(Cl)cncc2Cl)SC1=Cc1ccc2nccnc2c1. The molecular weight excluding hydrogens is 506 g/mol. The van der Waals surface area contributed by atoms with E-state index < -0.39 is 12.1 Å². The van der Waals surface area contributed by atoms with Crippen LogP contribution in [0.15, 0.2) is 52.9 Å². The van der Waals surface area contributed by atoms with E-state index >= 15 is 0 Å². The highest BCUT2D eigenvalue weighted by molar-refractivity contribution is 8.18. The number of rotatable bonds is 2. The quantitative estimate of drug-likeness (QED) is 0.468. The standard InChI is InChI=1S/C17H9Cl2N5OS.C2HF3O2/c18-10-7-20-8-11(19)15(10)23-17-24-16(25)14(26-17)6-9-1-2-12-13(5-9)22-4-3-21-12;3-2(4,5)1(6)7/h1-8H,(H,20,23,24,25);(H,6,7). The lowest BCUT2D eigenvalue weighted by Gasteiger charge is -2.01. The van der Waals surface area contributed by atoms with Crippen LogP contribution >= 0.6 is 35.0 Å². The number of carbonyl (C=O) groups excluding carboxylic acids is 1. The van der Waals surface area contributed by atoms with Gasteiger partial charge >= 0.3 is 12.1 Å². The summed E-state index contributed by atoms with van der Waals surface area (Å²) in [6.07, 6.45) is 2.84. The van der Waals surface area contributed by atoms with Crippen molar-refractivity contribution >= 4 is 74.8 Å². The van der Waals surface area contributed by atoms with E-state index in [4.69, 9.17) is 33.1 Å². The van der Waals surface area contributed by atoms with Gasteiger partial charge in [-0.3, -0.25) is 19.7 Å². The highest BCUT2D eigenvalue weighted by Gasteiger charge is 2.38. The first-order valence-corrected chi connectivity index (χ1v) is 10.2. The van der Waals surface area contributed by atoms with Crippen LogP contribution in [0.3, 0.4) is 0 Å². The molecule has 170 valence electrons. The van der Waals surface area contributed by atoms with Gasteiger partial charge in [0.1, 0.15) is 5.69 Å². The summed E-state index contributed by atoms with van der Waals surface area (Å²) < 4.78 is 31.7. The Labute approximate surface area is 197 Å². The third-order valence-corrected chi connectivity index (χ3v) is 5.19. The highest BCUT2D eigenvalue weighted by Crippen LogP contribution is 2.35. The van der Waals surface area contributed by atoms with Crippen molar-refractivity contribution in [2.45, 2.75) is 6.18 Å². The third-order valence-electron chi connectivity index (χ3n) is 3.73. The lowest BCUT2D eigenvalue weighted by atomic mass is 10.2. The van der Waals surface area contributed by atoms with E-state index in [1.165, 1.54) is 24.2 Å². The summed E-state index contributed by atoms with van der Waals surface area (Å²) in [5, 5.41) is 10.9. The molecule has 1 amide bonds. The minimum atomic E-state index is -5.08. The van der Waals surface area contributed by atoms with Crippen LogP contribution in [-0.4, -0.2) is 43.3 Å². The van der Waals surface area contributed by atoms with Crippen LogP contribution < -0.4 is 5.32 Å². The normalized spacial score (nSPS) is 16.0. The molecule has 0 bridgehead atoms. The number of aliphatic imine (C=N–C) groups is 1. The van der Waals surface area contributed by atoms with Crippen LogP contribution in [0.4, 0.5) is 18.9 Å². The number of halogens is 5. The molecule has 0 aliphatic carbocycles. The first kappa shape index (κ1) is 24.4. The van der Waals surface area contributed by atoms with Gasteiger partial charge in [0, 0.05) is 24.8 Å². The summed E-state index contributed by atoms with van der Waals surface area (Å²) in [6, 6.07) is 5.61. The molecule has 3 aromatic rings. The van der Waals surface area contributed by atoms with Gasteiger partial charge in [0.05, 0.1) is 26.0 Å². The lowest BCUT2D eigenvalue weighted by molar-refractivity contribution is -0.192. The number of amidine groups is 1. The monoisotopic (exact) mass is 515 g/mol. The van der Waals surface area contributed by atoms with Gasteiger partial charge in [0.2, 0.25) is 0 Å². The predicted molar refractivity (Wildman–Crippen MR) is 118 cm³/mol. The number of pyridine rings is 1. The van der Waals surface area contributed by atoms with Crippen LogP contribution in [0.1, 0.15) is 5.56 Å². The minimum absolute atomic E-state index is 0.241. The number of benzene rings is 1. The van der Waals surface area contributed by atoms with Crippen LogP contribution in [0.2, 0.25) is 10.0 Å². The van der Waals surface area contributed by atoms with Crippen molar-refractivity contribution in [3.05, 3.63) is 63.5 Å². The average Bonchev–Trinajstić information content (AvgIpc) is 3.09. The zero-order chi connectivity index (χ0) is 24.2. The maximum Gasteiger partial charge on any atom is 0.490 e. The third kappa shape index (κ3) is 6.40. The zero-order valence-corrected chi connectivity index (χ0v) is 18.3. The second-order valence-electron chi connectivity index (χ2n) is 6.04. The van der Waals surface area contributed by atoms with E-state index in [0.717, 1.165) is 16.6 Å². The van der Waals surface area contributed by atoms with Crippen LogP contribution in [0.25, 0.3) is 17.1 Å². The molecule has 2 aromatic heterocycles. The topological polar surface area (TPSA) is 117 Å². The molecule has 0 radical (unpaired) electrons. The Balaban J connectivity index is 0.000000383. The van der Waals surface area contributed by atoms with Crippen molar-refractivity contribution in [3.8, 4) is 0 Å². The number of nitrogens with one attached hydrogen (secondary N) is 1. The maximum atomic E-state index is 12.2. The molecule has 1 aliphatic heterocycles. The van der Waals surface area contributed by atoms with Crippen molar-refractivity contribution < 1.29 is 27.9 Å². The molecule has 1 aliphatic rings. The number of hydrogen-bond donors (Lipinski definition) is 2. The van der Waals surface area contributed by atoms with Gasteiger partial charge < -0.3 is 10.4 Å². The summed E-state index contributed by atoms with van der Waals surface area (Å²) in [4.78, 5) is 38.3. The number of carboxylic acids is 1. The first-order chi connectivity index (χ1) is 15.5. The lowest BCUT2D eigenvalue weighted by Crippen LogP contribution is -2.21. The van der Waals surface area contributed by atoms with Crippen molar-refractivity contribution in [1.82, 2.24) is 20.3 Å². The number of hydrogen-bond acceptors (Lipinski definition) is 7. The predicted octanol–water partition coefficient (Wildman–Crippen LogP) is 4.86. The fourth-order valence-corrected chi connectivity index (χ4v) is 3.59. The molecule has 0 unspecified atom stereocenters. The summed E-state index contributed by atoms with van der Waals surface area (Å²) in [6.45, 7) is 0. The Hall–Kier alpha value is -3.22. The van der Waals surface area contributed by atoms with Crippen LogP contribution in [-0.2, 0) is 9.59 Å². The van der Waals surface area contributed by atoms with Crippen molar-refractivity contribution in [3.63, 3.8) is 0 Å². The van der Waals surface area contributed by atoms with Crippen molar-refractivity contribution in [2.75, 3.05) is 0 Å². The number of alkyl halides is 3. The van der Waals surface area contributed by atoms with Crippen molar-refractivity contribution in [2.24, 2.45) is 4.99 Å². The molecule has 8 nitrogen and oxygen atoms in total. The van der Waals surface area contributed by atoms with Gasteiger partial charge in [-0.2, -0.15) is 13.2 Å². The number of fused-ring (bicyclic) bond motifs is 1. The molecule has 2 N–H and O–H groups in total. The molecule has 1 fully saturated rings. The number of aliphatic carboxylic acids is 1. The molecular formula is C19H10Cl2F3N5O3S. The number of amides is 1. The molecule has 1 aromatic carbocycles. The minimum Gasteiger partial charge on any atom is -0.475 e. The fraction of sp³-hybridized carbons (Fsp3) is 0.0526. The Morgan fingerprint density at radius 1 is 1.12 bits per heavy atom. The number of thioether (sulfide) groups is 1. The Morgan fingerprint density at radius 2 is 1.73 bits per heavy atom. The summed E-state index contributed by atoms with van der Waals surface area (Å²) >= 11 is 13.3. The largest absolute Gasteiger partial charge is 0.490 e. The Morgan fingerprint density at radius 3 is 2.33 bits per heavy atom. The zero-order valence-electron chi connectivity index (χ0n) is 16.0. The first-order valence-electron chi connectivity index (χ1n) is 8.64.